The highest BCUT2D eigenvalue weighted by molar-refractivity contribution is 5.81. The highest BCUT2D eigenvalue weighted by Crippen LogP contribution is 2.30. The number of carbonyl (C=O) groups excluding carboxylic acids is 1. The predicted molar refractivity (Wildman–Crippen MR) is 72.7 cm³/mol. The van der Waals surface area contributed by atoms with Crippen LogP contribution in [0.3, 0.4) is 0 Å². The Morgan fingerprint density at radius 3 is 2.82 bits per heavy atom. The summed E-state index contributed by atoms with van der Waals surface area (Å²) in [6, 6.07) is 0. The summed E-state index contributed by atoms with van der Waals surface area (Å²) in [5.41, 5.74) is 6.74. The molecule has 0 bridgehead atoms. The summed E-state index contributed by atoms with van der Waals surface area (Å²) in [6.45, 7) is 6.64. The summed E-state index contributed by atoms with van der Waals surface area (Å²) < 4.78 is 0. The summed E-state index contributed by atoms with van der Waals surface area (Å²) in [6.07, 6.45) is 9.82. The average Bonchev–Trinajstić information content (AvgIpc) is 2.36. The van der Waals surface area contributed by atoms with Crippen LogP contribution in [0, 0.1) is 11.8 Å². The third-order valence-corrected chi connectivity index (χ3v) is 3.67. The van der Waals surface area contributed by atoms with Crippen LogP contribution in [0.1, 0.15) is 45.4 Å². The maximum absolute atomic E-state index is 12.1. The topological polar surface area (TPSA) is 43.1 Å². The van der Waals surface area contributed by atoms with Gasteiger partial charge in [-0.2, -0.15) is 0 Å². The minimum Gasteiger partial charge on any atom is -0.330 e. The normalized spacial score (nSPS) is 25.1. The minimum atomic E-state index is 0.260. The Morgan fingerprint density at radius 1 is 1.41 bits per heavy atom. The molecule has 0 aromatic carbocycles. The van der Waals surface area contributed by atoms with E-state index in [0.717, 1.165) is 37.8 Å². The number of allylic oxidation sites excluding steroid dienone is 3. The van der Waals surface area contributed by atoms with Crippen LogP contribution in [0.2, 0.25) is 0 Å². The van der Waals surface area contributed by atoms with Gasteiger partial charge in [0.25, 0.3) is 0 Å². The monoisotopic (exact) mass is 235 g/mol. The van der Waals surface area contributed by atoms with Crippen molar-refractivity contribution in [2.45, 2.75) is 45.4 Å². The van der Waals surface area contributed by atoms with E-state index in [1.165, 1.54) is 6.42 Å². The summed E-state index contributed by atoms with van der Waals surface area (Å²) in [4.78, 5) is 12.1. The van der Waals surface area contributed by atoms with Gasteiger partial charge in [0.2, 0.25) is 0 Å². The van der Waals surface area contributed by atoms with Gasteiger partial charge in [-0.3, -0.25) is 4.79 Å². The molecule has 2 atom stereocenters. The summed E-state index contributed by atoms with van der Waals surface area (Å²) >= 11 is 0. The SMILES string of the molecule is C=C(C=CC)CCC(=O)C1CCCC(CN)C1. The molecule has 1 rings (SSSR count). The second-order valence-corrected chi connectivity index (χ2v) is 5.09. The molecule has 2 nitrogen and oxygen atoms in total. The lowest BCUT2D eigenvalue weighted by Gasteiger charge is -2.27. The Morgan fingerprint density at radius 2 is 2.18 bits per heavy atom. The Kier molecular flexibility index (Phi) is 6.20. The fourth-order valence-corrected chi connectivity index (χ4v) is 2.60. The highest BCUT2D eigenvalue weighted by atomic mass is 16.1. The zero-order valence-electron chi connectivity index (χ0n) is 11.0. The van der Waals surface area contributed by atoms with Gasteiger partial charge in [0.1, 0.15) is 5.78 Å². The zero-order chi connectivity index (χ0) is 12.7. The van der Waals surface area contributed by atoms with Crippen LogP contribution in [0.4, 0.5) is 0 Å². The molecule has 1 fully saturated rings. The quantitative estimate of drug-likeness (QED) is 0.718. The smallest absolute Gasteiger partial charge is 0.136 e. The van der Waals surface area contributed by atoms with E-state index >= 15 is 0 Å². The molecule has 0 amide bonds. The number of nitrogens with two attached hydrogens (primary N) is 1. The van der Waals surface area contributed by atoms with Gasteiger partial charge in [-0.1, -0.05) is 30.7 Å². The molecule has 2 heteroatoms. The van der Waals surface area contributed by atoms with E-state index in [2.05, 4.69) is 6.58 Å². The van der Waals surface area contributed by atoms with Gasteiger partial charge in [-0.05, 0) is 45.1 Å². The minimum absolute atomic E-state index is 0.260. The first-order valence-corrected chi connectivity index (χ1v) is 6.70. The Labute approximate surface area is 105 Å². The second kappa shape index (κ2) is 7.44. The second-order valence-electron chi connectivity index (χ2n) is 5.09. The van der Waals surface area contributed by atoms with Gasteiger partial charge in [-0.25, -0.2) is 0 Å². The van der Waals surface area contributed by atoms with Gasteiger partial charge in [0, 0.05) is 12.3 Å². The van der Waals surface area contributed by atoms with E-state index in [9.17, 15) is 4.79 Å². The molecule has 0 spiro atoms. The maximum atomic E-state index is 12.1. The first-order valence-electron chi connectivity index (χ1n) is 6.70. The van der Waals surface area contributed by atoms with Gasteiger partial charge >= 0.3 is 0 Å². The maximum Gasteiger partial charge on any atom is 0.136 e. The zero-order valence-corrected chi connectivity index (χ0v) is 11.0. The standard InChI is InChI=1S/C15H25NO/c1-3-5-12(2)8-9-15(17)14-7-4-6-13(10-14)11-16/h3,5,13-14H,2,4,6-11,16H2,1H3. The van der Waals surface area contributed by atoms with Crippen LogP contribution in [0.25, 0.3) is 0 Å². The molecule has 2 N–H and O–H groups in total. The number of rotatable bonds is 6. The third kappa shape index (κ3) is 4.86. The fraction of sp³-hybridized carbons (Fsp3) is 0.667. The van der Waals surface area contributed by atoms with Crippen LogP contribution in [-0.2, 0) is 4.79 Å². The van der Waals surface area contributed by atoms with Crippen LogP contribution in [0.5, 0.6) is 0 Å². The largest absolute Gasteiger partial charge is 0.330 e. The summed E-state index contributed by atoms with van der Waals surface area (Å²) in [5.74, 6) is 1.24. The lowest BCUT2D eigenvalue weighted by Crippen LogP contribution is -2.27. The van der Waals surface area contributed by atoms with Crippen molar-refractivity contribution < 1.29 is 4.79 Å². The number of hydrogen-bond donors (Lipinski definition) is 1. The van der Waals surface area contributed by atoms with Crippen molar-refractivity contribution in [3.05, 3.63) is 24.3 Å². The van der Waals surface area contributed by atoms with E-state index in [0.29, 0.717) is 18.1 Å². The Balaban J connectivity index is 2.34. The van der Waals surface area contributed by atoms with Gasteiger partial charge in [0.05, 0.1) is 0 Å². The molecular weight excluding hydrogens is 210 g/mol. The van der Waals surface area contributed by atoms with Crippen LogP contribution in [-0.4, -0.2) is 12.3 Å². The summed E-state index contributed by atoms with van der Waals surface area (Å²) in [5, 5.41) is 0. The van der Waals surface area contributed by atoms with Crippen molar-refractivity contribution in [3.8, 4) is 0 Å². The molecular formula is C15H25NO. The third-order valence-electron chi connectivity index (χ3n) is 3.67. The van der Waals surface area contributed by atoms with E-state index in [4.69, 9.17) is 5.73 Å². The number of ketones is 1. The number of Topliss-reactive ketones (excluding diaryl/α,β-unsaturated/α-hetero) is 1. The van der Waals surface area contributed by atoms with Crippen molar-refractivity contribution in [3.63, 3.8) is 0 Å². The first-order chi connectivity index (χ1) is 8.17. The molecule has 2 unspecified atom stereocenters. The van der Waals surface area contributed by atoms with Crippen molar-refractivity contribution in [2.24, 2.45) is 17.6 Å². The summed E-state index contributed by atoms with van der Waals surface area (Å²) in [7, 11) is 0. The van der Waals surface area contributed by atoms with E-state index in [-0.39, 0.29) is 5.92 Å². The molecule has 96 valence electrons. The van der Waals surface area contributed by atoms with Crippen molar-refractivity contribution in [1.82, 2.24) is 0 Å². The molecule has 1 saturated carbocycles. The van der Waals surface area contributed by atoms with Gasteiger partial charge in [0.15, 0.2) is 0 Å². The first kappa shape index (κ1) is 14.2. The number of carbonyl (C=O) groups is 1. The van der Waals surface area contributed by atoms with Crippen LogP contribution in [0.15, 0.2) is 24.3 Å². The van der Waals surface area contributed by atoms with Gasteiger partial charge in [-0.15, -0.1) is 0 Å². The average molecular weight is 235 g/mol. The molecule has 0 aliphatic heterocycles. The lowest BCUT2D eigenvalue weighted by molar-refractivity contribution is -0.124. The molecule has 0 saturated heterocycles. The fourth-order valence-electron chi connectivity index (χ4n) is 2.60. The van der Waals surface area contributed by atoms with Gasteiger partial charge < -0.3 is 5.73 Å². The van der Waals surface area contributed by atoms with E-state index in [1.54, 1.807) is 0 Å². The van der Waals surface area contributed by atoms with E-state index in [1.807, 2.05) is 19.1 Å². The van der Waals surface area contributed by atoms with E-state index < -0.39 is 0 Å². The van der Waals surface area contributed by atoms with Crippen molar-refractivity contribution >= 4 is 5.78 Å². The lowest BCUT2D eigenvalue weighted by atomic mass is 9.78. The predicted octanol–water partition coefficient (Wildman–Crippen LogP) is 3.23. The molecule has 1 aliphatic rings. The Bertz CT molecular complexity index is 293. The molecule has 0 heterocycles. The molecule has 17 heavy (non-hydrogen) atoms. The van der Waals surface area contributed by atoms with Crippen LogP contribution < -0.4 is 5.73 Å². The molecule has 1 aliphatic carbocycles. The number of hydrogen-bond acceptors (Lipinski definition) is 2. The highest BCUT2D eigenvalue weighted by Gasteiger charge is 2.25. The van der Waals surface area contributed by atoms with Crippen LogP contribution >= 0.6 is 0 Å². The molecule has 0 aromatic rings. The molecule has 0 aromatic heterocycles. The molecule has 0 radical (unpaired) electrons. The Hall–Kier alpha value is -0.890. The van der Waals surface area contributed by atoms with Crippen molar-refractivity contribution in [2.75, 3.05) is 6.54 Å². The van der Waals surface area contributed by atoms with Crippen molar-refractivity contribution in [1.29, 1.82) is 0 Å².